The molecular weight excluding hydrogens is 468 g/mol. The van der Waals surface area contributed by atoms with Crippen LogP contribution in [-0.2, 0) is 27.3 Å². The maximum atomic E-state index is 12.9. The molecule has 1 atom stereocenters. The molecule has 0 aliphatic carbocycles. The summed E-state index contributed by atoms with van der Waals surface area (Å²) in [5, 5.41) is 15.6. The van der Waals surface area contributed by atoms with Gasteiger partial charge in [-0.15, -0.1) is 23.1 Å². The Hall–Kier alpha value is -2.83. The zero-order valence-electron chi connectivity index (χ0n) is 20.2. The molecule has 0 spiro atoms. The van der Waals surface area contributed by atoms with Crippen molar-refractivity contribution in [2.45, 2.75) is 64.2 Å². The lowest BCUT2D eigenvalue weighted by Crippen LogP contribution is -2.33. The Kier molecular flexibility index (Phi) is 8.05. The quantitative estimate of drug-likeness (QED) is 0.545. The van der Waals surface area contributed by atoms with Crippen LogP contribution in [0.25, 0.3) is 0 Å². The van der Waals surface area contributed by atoms with Crippen LogP contribution in [0.3, 0.4) is 0 Å². The molecule has 3 amide bonds. The molecule has 1 aromatic heterocycles. The predicted octanol–water partition coefficient (Wildman–Crippen LogP) is 5.02. The fraction of sp³-hybridized carbons (Fsp3) is 0.440. The number of nitrogens with zero attached hydrogens (tertiary/aromatic N) is 2. The lowest BCUT2D eigenvalue weighted by atomic mass is 9.92. The molecule has 9 heteroatoms. The molecule has 2 aromatic rings. The summed E-state index contributed by atoms with van der Waals surface area (Å²) in [7, 11) is 0. The van der Waals surface area contributed by atoms with Gasteiger partial charge in [-0.25, -0.2) is 0 Å². The molecule has 2 heterocycles. The molecule has 3 rings (SSSR count). The highest BCUT2D eigenvalue weighted by Gasteiger charge is 2.27. The first-order chi connectivity index (χ1) is 16.0. The van der Waals surface area contributed by atoms with E-state index < -0.39 is 5.25 Å². The molecule has 1 aromatic carbocycles. The Bertz CT molecular complexity index is 1140. The van der Waals surface area contributed by atoms with Gasteiger partial charge in [-0.3, -0.25) is 14.4 Å². The van der Waals surface area contributed by atoms with Crippen LogP contribution in [0.1, 0.15) is 57.0 Å². The van der Waals surface area contributed by atoms with Crippen LogP contribution in [0.5, 0.6) is 0 Å². The summed E-state index contributed by atoms with van der Waals surface area (Å²) in [4.78, 5) is 40.4. The molecular formula is C25H30N4O3S2. The van der Waals surface area contributed by atoms with Crippen molar-refractivity contribution in [3.8, 4) is 6.07 Å². The van der Waals surface area contributed by atoms with E-state index >= 15 is 0 Å². The number of nitrogens with one attached hydrogen (secondary N) is 2. The summed E-state index contributed by atoms with van der Waals surface area (Å²) < 4.78 is 0. The third-order valence-corrected chi connectivity index (χ3v) is 7.57. The van der Waals surface area contributed by atoms with Gasteiger partial charge >= 0.3 is 0 Å². The lowest BCUT2D eigenvalue weighted by molar-refractivity contribution is -0.129. The molecule has 1 aliphatic rings. The second-order valence-electron chi connectivity index (χ2n) is 9.57. The first-order valence-corrected chi connectivity index (χ1v) is 12.8. The molecule has 180 valence electrons. The highest BCUT2D eigenvalue weighted by Crippen LogP contribution is 2.37. The van der Waals surface area contributed by atoms with Crippen molar-refractivity contribution in [3.63, 3.8) is 0 Å². The number of nitriles is 1. The normalized spacial score (nSPS) is 14.1. The van der Waals surface area contributed by atoms with E-state index in [4.69, 9.17) is 0 Å². The molecule has 0 saturated carbocycles. The zero-order chi connectivity index (χ0) is 25.0. The van der Waals surface area contributed by atoms with E-state index in [0.29, 0.717) is 42.2 Å². The summed E-state index contributed by atoms with van der Waals surface area (Å²) in [5.74, 6) is -0.245. The van der Waals surface area contributed by atoms with Crippen LogP contribution in [0, 0.1) is 16.7 Å². The fourth-order valence-electron chi connectivity index (χ4n) is 3.68. The maximum Gasteiger partial charge on any atom is 0.238 e. The number of amides is 3. The average Bonchev–Trinajstić information content (AvgIpc) is 3.08. The number of thiophene rings is 1. The molecule has 0 radical (unpaired) electrons. The van der Waals surface area contributed by atoms with Gasteiger partial charge in [0.2, 0.25) is 17.7 Å². The maximum absolute atomic E-state index is 12.9. The fourth-order valence-corrected chi connectivity index (χ4v) is 5.83. The SMILES string of the molecule is CC(=O)N1CCc2c(sc(NC(=O)C(C)Sc3cccc(NC(=O)CC(C)(C)C)c3)c2C#N)C1. The van der Waals surface area contributed by atoms with Crippen LogP contribution in [0.4, 0.5) is 10.7 Å². The Morgan fingerprint density at radius 2 is 2.00 bits per heavy atom. The van der Waals surface area contributed by atoms with Gasteiger partial charge in [0.05, 0.1) is 17.4 Å². The highest BCUT2D eigenvalue weighted by molar-refractivity contribution is 8.00. The number of hydrogen-bond acceptors (Lipinski definition) is 6. The van der Waals surface area contributed by atoms with Crippen molar-refractivity contribution in [1.82, 2.24) is 4.90 Å². The summed E-state index contributed by atoms with van der Waals surface area (Å²) in [6, 6.07) is 9.66. The average molecular weight is 499 g/mol. The largest absolute Gasteiger partial charge is 0.337 e. The zero-order valence-corrected chi connectivity index (χ0v) is 21.8. The highest BCUT2D eigenvalue weighted by atomic mass is 32.2. The monoisotopic (exact) mass is 498 g/mol. The molecule has 0 saturated heterocycles. The standard InChI is InChI=1S/C25H30N4O3S2/c1-15(33-18-8-6-7-17(11-18)27-22(31)12-25(3,4)5)23(32)28-24-20(13-26)19-9-10-29(16(2)30)14-21(19)34-24/h6-8,11,15H,9-10,12,14H2,1-5H3,(H,27,31)(H,28,32). The number of rotatable bonds is 6. The first kappa shape index (κ1) is 25.8. The Morgan fingerprint density at radius 3 is 2.65 bits per heavy atom. The van der Waals surface area contributed by atoms with Crippen molar-refractivity contribution in [3.05, 3.63) is 40.3 Å². The van der Waals surface area contributed by atoms with Crippen LogP contribution < -0.4 is 10.6 Å². The summed E-state index contributed by atoms with van der Waals surface area (Å²) >= 11 is 2.75. The van der Waals surface area contributed by atoms with Crippen molar-refractivity contribution in [1.29, 1.82) is 5.26 Å². The Morgan fingerprint density at radius 1 is 1.26 bits per heavy atom. The van der Waals surface area contributed by atoms with Crippen LogP contribution in [0.15, 0.2) is 29.2 Å². The minimum atomic E-state index is -0.417. The van der Waals surface area contributed by atoms with Gasteiger partial charge in [0.25, 0.3) is 0 Å². The minimum Gasteiger partial charge on any atom is -0.337 e. The van der Waals surface area contributed by atoms with Crippen molar-refractivity contribution >= 4 is 51.5 Å². The summed E-state index contributed by atoms with van der Waals surface area (Å²) in [5.41, 5.74) is 2.02. The number of benzene rings is 1. The lowest BCUT2D eigenvalue weighted by Gasteiger charge is -2.25. The van der Waals surface area contributed by atoms with Gasteiger partial charge in [-0.1, -0.05) is 26.8 Å². The number of carbonyl (C=O) groups is 3. The van der Waals surface area contributed by atoms with E-state index in [1.165, 1.54) is 30.0 Å². The smallest absolute Gasteiger partial charge is 0.238 e. The second kappa shape index (κ2) is 10.6. The summed E-state index contributed by atoms with van der Waals surface area (Å²) in [6.45, 7) is 10.4. The number of anilines is 2. The van der Waals surface area contributed by atoms with E-state index in [1.54, 1.807) is 4.90 Å². The number of carbonyl (C=O) groups excluding carboxylic acids is 3. The van der Waals surface area contributed by atoms with Crippen LogP contribution >= 0.6 is 23.1 Å². The van der Waals surface area contributed by atoms with Gasteiger partial charge in [-0.2, -0.15) is 5.26 Å². The number of thioether (sulfide) groups is 1. The molecule has 7 nitrogen and oxygen atoms in total. The van der Waals surface area contributed by atoms with E-state index in [2.05, 4.69) is 16.7 Å². The molecule has 34 heavy (non-hydrogen) atoms. The van der Waals surface area contributed by atoms with E-state index in [0.717, 1.165) is 15.3 Å². The van der Waals surface area contributed by atoms with Gasteiger partial charge in [0.15, 0.2) is 0 Å². The van der Waals surface area contributed by atoms with E-state index in [9.17, 15) is 19.6 Å². The molecule has 1 aliphatic heterocycles. The third kappa shape index (κ3) is 6.61. The number of fused-ring (bicyclic) bond motifs is 1. The van der Waals surface area contributed by atoms with E-state index in [-0.39, 0.29) is 23.1 Å². The Labute approximate surface area is 208 Å². The predicted molar refractivity (Wildman–Crippen MR) is 137 cm³/mol. The van der Waals surface area contributed by atoms with Gasteiger partial charge in [0, 0.05) is 35.3 Å². The minimum absolute atomic E-state index is 0.00462. The van der Waals surface area contributed by atoms with Gasteiger partial charge in [0.1, 0.15) is 11.1 Å². The third-order valence-electron chi connectivity index (χ3n) is 5.34. The van der Waals surface area contributed by atoms with E-state index in [1.807, 2.05) is 52.0 Å². The van der Waals surface area contributed by atoms with Crippen LogP contribution in [-0.4, -0.2) is 34.4 Å². The summed E-state index contributed by atoms with van der Waals surface area (Å²) in [6.07, 6.45) is 1.03. The molecule has 1 unspecified atom stereocenters. The van der Waals surface area contributed by atoms with Crippen molar-refractivity contribution in [2.75, 3.05) is 17.2 Å². The molecule has 2 N–H and O–H groups in total. The molecule has 0 bridgehead atoms. The molecule has 0 fully saturated rings. The van der Waals surface area contributed by atoms with Gasteiger partial charge < -0.3 is 15.5 Å². The second-order valence-corrected chi connectivity index (χ2v) is 12.1. The first-order valence-electron chi connectivity index (χ1n) is 11.1. The number of hydrogen-bond donors (Lipinski definition) is 2. The van der Waals surface area contributed by atoms with Crippen molar-refractivity contribution < 1.29 is 14.4 Å². The Balaban J connectivity index is 1.66. The van der Waals surface area contributed by atoms with Crippen molar-refractivity contribution in [2.24, 2.45) is 5.41 Å². The van der Waals surface area contributed by atoms with Crippen LogP contribution in [0.2, 0.25) is 0 Å². The van der Waals surface area contributed by atoms with Gasteiger partial charge in [-0.05, 0) is 42.5 Å². The topological polar surface area (TPSA) is 102 Å².